The highest BCUT2D eigenvalue weighted by Crippen LogP contribution is 2.24. The maximum absolute atomic E-state index is 12.0. The summed E-state index contributed by atoms with van der Waals surface area (Å²) in [5.74, 6) is 0.0492. The number of rotatable bonds is 5. The maximum Gasteiger partial charge on any atom is 0.358 e. The van der Waals surface area contributed by atoms with Gasteiger partial charge in [-0.1, -0.05) is 36.3 Å². The molecule has 0 N–H and O–H groups in total. The Kier molecular flexibility index (Phi) is 4.52. The molecule has 3 rings (SSSR count). The molecule has 0 spiro atoms. The summed E-state index contributed by atoms with van der Waals surface area (Å²) in [6, 6.07) is 9.91. The Morgan fingerprint density at radius 2 is 2.09 bits per heavy atom. The number of aryl methyl sites for hydroxylation is 2. The first-order valence-electron chi connectivity index (χ1n) is 7.30. The van der Waals surface area contributed by atoms with Crippen molar-refractivity contribution in [3.63, 3.8) is 0 Å². The molecular formula is C17H16N2O3S. The molecule has 0 saturated heterocycles. The van der Waals surface area contributed by atoms with Gasteiger partial charge < -0.3 is 9.26 Å². The van der Waals surface area contributed by atoms with Gasteiger partial charge >= 0.3 is 5.97 Å². The van der Waals surface area contributed by atoms with Crippen LogP contribution in [0, 0.1) is 6.92 Å². The van der Waals surface area contributed by atoms with Gasteiger partial charge in [0.2, 0.25) is 0 Å². The molecule has 0 aliphatic carbocycles. The van der Waals surface area contributed by atoms with Gasteiger partial charge in [-0.05, 0) is 18.9 Å². The first-order chi connectivity index (χ1) is 11.2. The number of hydrogen-bond acceptors (Lipinski definition) is 6. The third kappa shape index (κ3) is 3.65. The molecule has 6 heteroatoms. The summed E-state index contributed by atoms with van der Waals surface area (Å²) in [5.41, 5.74) is 3.33. The maximum atomic E-state index is 12.0. The highest BCUT2D eigenvalue weighted by Gasteiger charge is 2.14. The summed E-state index contributed by atoms with van der Waals surface area (Å²) < 4.78 is 10.2. The summed E-state index contributed by atoms with van der Waals surface area (Å²) in [6.45, 7) is 3.98. The molecule has 2 aromatic heterocycles. The zero-order valence-electron chi connectivity index (χ0n) is 12.9. The van der Waals surface area contributed by atoms with E-state index < -0.39 is 5.97 Å². The predicted octanol–water partition coefficient (Wildman–Crippen LogP) is 4.03. The van der Waals surface area contributed by atoms with E-state index >= 15 is 0 Å². The second-order valence-corrected chi connectivity index (χ2v) is 5.96. The Morgan fingerprint density at radius 3 is 2.74 bits per heavy atom. The lowest BCUT2D eigenvalue weighted by Crippen LogP contribution is -2.05. The zero-order chi connectivity index (χ0) is 16.2. The molecule has 0 aliphatic rings. The molecule has 0 bridgehead atoms. The van der Waals surface area contributed by atoms with E-state index in [2.05, 4.69) is 29.2 Å². The van der Waals surface area contributed by atoms with E-state index in [-0.39, 0.29) is 6.61 Å². The van der Waals surface area contributed by atoms with Crippen molar-refractivity contribution >= 4 is 17.3 Å². The minimum Gasteiger partial charge on any atom is -0.453 e. The standard InChI is InChI=1S/C17H16N2O3S/c1-3-12-4-6-13(7-5-12)16-18-15(10-23-16)17(20)21-9-14-8-11(2)19-22-14/h4-8,10H,3,9H2,1-2H3. The molecule has 118 valence electrons. The largest absolute Gasteiger partial charge is 0.453 e. The zero-order valence-corrected chi connectivity index (χ0v) is 13.7. The summed E-state index contributed by atoms with van der Waals surface area (Å²) in [4.78, 5) is 16.4. The fourth-order valence-electron chi connectivity index (χ4n) is 2.08. The average Bonchev–Trinajstić information content (AvgIpc) is 3.22. The number of esters is 1. The van der Waals surface area contributed by atoms with Gasteiger partial charge in [0.1, 0.15) is 5.01 Å². The molecule has 5 nitrogen and oxygen atoms in total. The lowest BCUT2D eigenvalue weighted by Gasteiger charge is -2.00. The van der Waals surface area contributed by atoms with E-state index in [0.717, 1.165) is 22.7 Å². The van der Waals surface area contributed by atoms with E-state index in [1.54, 1.807) is 11.4 Å². The van der Waals surface area contributed by atoms with E-state index in [1.807, 2.05) is 19.1 Å². The number of carbonyl (C=O) groups is 1. The summed E-state index contributed by atoms with van der Waals surface area (Å²) in [6.07, 6.45) is 0.997. The molecule has 0 amide bonds. The first-order valence-corrected chi connectivity index (χ1v) is 8.18. The van der Waals surface area contributed by atoms with Crippen LogP contribution in [-0.2, 0) is 17.8 Å². The molecule has 0 radical (unpaired) electrons. The van der Waals surface area contributed by atoms with E-state index in [9.17, 15) is 4.79 Å². The van der Waals surface area contributed by atoms with Crippen molar-refractivity contribution < 1.29 is 14.1 Å². The van der Waals surface area contributed by atoms with Crippen LogP contribution in [0.3, 0.4) is 0 Å². The summed E-state index contributed by atoms with van der Waals surface area (Å²) in [5, 5.41) is 6.25. The van der Waals surface area contributed by atoms with Crippen molar-refractivity contribution in [1.29, 1.82) is 0 Å². The first kappa shape index (κ1) is 15.4. The van der Waals surface area contributed by atoms with Gasteiger partial charge in [0, 0.05) is 17.0 Å². The van der Waals surface area contributed by atoms with Gasteiger partial charge in [0.05, 0.1) is 5.69 Å². The Balaban J connectivity index is 1.66. The highest BCUT2D eigenvalue weighted by atomic mass is 32.1. The Bertz CT molecular complexity index is 805. The molecule has 0 fully saturated rings. The monoisotopic (exact) mass is 328 g/mol. The topological polar surface area (TPSA) is 65.2 Å². The average molecular weight is 328 g/mol. The molecule has 0 saturated carbocycles. The van der Waals surface area contributed by atoms with Gasteiger partial charge in [-0.25, -0.2) is 9.78 Å². The SMILES string of the molecule is CCc1ccc(-c2nc(C(=O)OCc3cc(C)no3)cs2)cc1. The minimum atomic E-state index is -0.466. The van der Waals surface area contributed by atoms with Crippen molar-refractivity contribution in [2.45, 2.75) is 26.9 Å². The summed E-state index contributed by atoms with van der Waals surface area (Å²) in [7, 11) is 0. The summed E-state index contributed by atoms with van der Waals surface area (Å²) >= 11 is 1.42. The Hall–Kier alpha value is -2.47. The van der Waals surface area contributed by atoms with Crippen LogP contribution in [0.2, 0.25) is 0 Å². The van der Waals surface area contributed by atoms with E-state index in [0.29, 0.717) is 11.5 Å². The van der Waals surface area contributed by atoms with Gasteiger partial charge in [-0.3, -0.25) is 0 Å². The van der Waals surface area contributed by atoms with Crippen molar-refractivity contribution in [3.8, 4) is 10.6 Å². The third-order valence-electron chi connectivity index (χ3n) is 3.34. The van der Waals surface area contributed by atoms with Gasteiger partial charge in [0.15, 0.2) is 18.1 Å². The number of aromatic nitrogens is 2. The van der Waals surface area contributed by atoms with Gasteiger partial charge in [0.25, 0.3) is 0 Å². The fraction of sp³-hybridized carbons (Fsp3) is 0.235. The van der Waals surface area contributed by atoms with Crippen LogP contribution in [0.5, 0.6) is 0 Å². The Labute approximate surface area is 137 Å². The van der Waals surface area contributed by atoms with E-state index in [1.165, 1.54) is 16.9 Å². The highest BCUT2D eigenvalue weighted by molar-refractivity contribution is 7.13. The number of ether oxygens (including phenoxy) is 1. The number of carbonyl (C=O) groups excluding carboxylic acids is 1. The van der Waals surface area contributed by atoms with Gasteiger partial charge in [-0.15, -0.1) is 11.3 Å². The number of hydrogen-bond donors (Lipinski definition) is 0. The normalized spacial score (nSPS) is 10.7. The number of nitrogens with zero attached hydrogens (tertiary/aromatic N) is 2. The van der Waals surface area contributed by atoms with Crippen molar-refractivity contribution in [3.05, 3.63) is 58.4 Å². The second-order valence-electron chi connectivity index (χ2n) is 5.10. The Morgan fingerprint density at radius 1 is 1.30 bits per heavy atom. The van der Waals surface area contributed by atoms with Crippen LogP contribution in [0.15, 0.2) is 40.2 Å². The molecule has 3 aromatic rings. The van der Waals surface area contributed by atoms with Crippen LogP contribution < -0.4 is 0 Å². The molecule has 23 heavy (non-hydrogen) atoms. The van der Waals surface area contributed by atoms with Crippen LogP contribution in [0.4, 0.5) is 0 Å². The molecule has 0 unspecified atom stereocenters. The lowest BCUT2D eigenvalue weighted by molar-refractivity contribution is 0.0431. The minimum absolute atomic E-state index is 0.0533. The van der Waals surface area contributed by atoms with Gasteiger partial charge in [-0.2, -0.15) is 0 Å². The number of benzene rings is 1. The van der Waals surface area contributed by atoms with Crippen molar-refractivity contribution in [1.82, 2.24) is 10.1 Å². The van der Waals surface area contributed by atoms with Crippen molar-refractivity contribution in [2.24, 2.45) is 0 Å². The quantitative estimate of drug-likeness (QED) is 0.662. The fourth-order valence-corrected chi connectivity index (χ4v) is 2.87. The lowest BCUT2D eigenvalue weighted by atomic mass is 10.1. The molecule has 1 aromatic carbocycles. The molecule has 0 atom stereocenters. The molecule has 2 heterocycles. The number of thiazole rings is 1. The van der Waals surface area contributed by atoms with Crippen LogP contribution in [0.1, 0.15) is 34.4 Å². The van der Waals surface area contributed by atoms with Crippen molar-refractivity contribution in [2.75, 3.05) is 0 Å². The van der Waals surface area contributed by atoms with Crippen LogP contribution in [0.25, 0.3) is 10.6 Å². The van der Waals surface area contributed by atoms with Crippen LogP contribution >= 0.6 is 11.3 Å². The van der Waals surface area contributed by atoms with Crippen LogP contribution in [-0.4, -0.2) is 16.1 Å². The molecule has 0 aliphatic heterocycles. The third-order valence-corrected chi connectivity index (χ3v) is 4.24. The van der Waals surface area contributed by atoms with E-state index in [4.69, 9.17) is 9.26 Å². The smallest absolute Gasteiger partial charge is 0.358 e. The molecular weight excluding hydrogens is 312 g/mol. The predicted molar refractivity (Wildman–Crippen MR) is 87.3 cm³/mol. The second kappa shape index (κ2) is 6.75.